The smallest absolute Gasteiger partial charge is 0.322 e. The highest BCUT2D eigenvalue weighted by molar-refractivity contribution is 9.10. The highest BCUT2D eigenvalue weighted by Gasteiger charge is 2.31. The van der Waals surface area contributed by atoms with Crippen molar-refractivity contribution >= 4 is 33.6 Å². The Morgan fingerprint density at radius 3 is 2.71 bits per heavy atom. The molecule has 0 atom stereocenters. The number of morpholine rings is 1. The molecule has 0 aliphatic carbocycles. The Morgan fingerprint density at radius 1 is 1.18 bits per heavy atom. The largest absolute Gasteiger partial charge is 0.378 e. The minimum atomic E-state index is -0.183. The van der Waals surface area contributed by atoms with Crippen molar-refractivity contribution in [3.05, 3.63) is 45.7 Å². The molecule has 0 bridgehead atoms. The molecule has 1 N–H and O–H groups in total. The molecule has 3 amide bonds. The second-order valence-corrected chi connectivity index (χ2v) is 7.83. The Hall–Kier alpha value is -2.39. The van der Waals surface area contributed by atoms with Gasteiger partial charge in [-0.3, -0.25) is 9.48 Å². The third-order valence-corrected chi connectivity index (χ3v) is 5.60. The molecule has 0 unspecified atom stereocenters. The van der Waals surface area contributed by atoms with Gasteiger partial charge in [-0.25, -0.2) is 4.79 Å². The van der Waals surface area contributed by atoms with E-state index in [1.807, 2.05) is 31.3 Å². The van der Waals surface area contributed by atoms with E-state index in [0.717, 1.165) is 21.4 Å². The highest BCUT2D eigenvalue weighted by Crippen LogP contribution is 2.24. The van der Waals surface area contributed by atoms with E-state index in [1.54, 1.807) is 14.5 Å². The van der Waals surface area contributed by atoms with Crippen LogP contribution < -0.4 is 5.32 Å². The van der Waals surface area contributed by atoms with Crippen LogP contribution in [0.25, 0.3) is 0 Å². The van der Waals surface area contributed by atoms with Crippen LogP contribution >= 0.6 is 15.9 Å². The van der Waals surface area contributed by atoms with Crippen molar-refractivity contribution in [3.8, 4) is 0 Å². The summed E-state index contributed by atoms with van der Waals surface area (Å²) >= 11 is 3.41. The van der Waals surface area contributed by atoms with Crippen molar-refractivity contribution in [1.29, 1.82) is 0 Å². The van der Waals surface area contributed by atoms with Gasteiger partial charge in [0.25, 0.3) is 5.91 Å². The van der Waals surface area contributed by atoms with Gasteiger partial charge < -0.3 is 19.9 Å². The number of halogens is 1. The first-order valence-electron chi connectivity index (χ1n) is 9.26. The topological polar surface area (TPSA) is 79.7 Å². The van der Waals surface area contributed by atoms with E-state index in [0.29, 0.717) is 51.5 Å². The zero-order chi connectivity index (χ0) is 19.7. The molecule has 9 heteroatoms. The summed E-state index contributed by atoms with van der Waals surface area (Å²) in [5.41, 5.74) is 3.03. The molecule has 8 nitrogen and oxygen atoms in total. The molecule has 0 spiro atoms. The Labute approximate surface area is 171 Å². The lowest BCUT2D eigenvalue weighted by Gasteiger charge is -2.29. The average Bonchev–Trinajstić information content (AvgIpc) is 3.04. The van der Waals surface area contributed by atoms with Crippen molar-refractivity contribution in [3.63, 3.8) is 0 Å². The maximum absolute atomic E-state index is 13.0. The number of anilines is 1. The summed E-state index contributed by atoms with van der Waals surface area (Å²) in [6.45, 7) is 3.17. The number of benzene rings is 1. The minimum absolute atomic E-state index is 0.0885. The van der Waals surface area contributed by atoms with E-state index in [-0.39, 0.29) is 11.9 Å². The molecule has 1 aromatic heterocycles. The number of carbonyl (C=O) groups excluding carboxylic acids is 2. The van der Waals surface area contributed by atoms with Crippen LogP contribution in [0.3, 0.4) is 0 Å². The van der Waals surface area contributed by atoms with Crippen molar-refractivity contribution in [1.82, 2.24) is 19.6 Å². The summed E-state index contributed by atoms with van der Waals surface area (Å²) < 4.78 is 8.00. The first-order valence-corrected chi connectivity index (χ1v) is 10.1. The van der Waals surface area contributed by atoms with Gasteiger partial charge in [0.1, 0.15) is 0 Å². The summed E-state index contributed by atoms with van der Waals surface area (Å²) in [6, 6.07) is 7.29. The average molecular weight is 448 g/mol. The summed E-state index contributed by atoms with van der Waals surface area (Å²) in [5, 5.41) is 7.40. The summed E-state index contributed by atoms with van der Waals surface area (Å²) in [4.78, 5) is 29.2. The molecule has 148 valence electrons. The van der Waals surface area contributed by atoms with Gasteiger partial charge in [-0.1, -0.05) is 22.0 Å². The minimum Gasteiger partial charge on any atom is -0.378 e. The van der Waals surface area contributed by atoms with Gasteiger partial charge in [-0.15, -0.1) is 0 Å². The van der Waals surface area contributed by atoms with Gasteiger partial charge >= 0.3 is 6.03 Å². The summed E-state index contributed by atoms with van der Waals surface area (Å²) in [6.07, 6.45) is 0.668. The standard InChI is InChI=1S/C19H22BrN5O3/c1-23-16-5-6-25(19(27)21-14-4-2-3-13(20)11-14)12-15(16)17(22-23)18(26)24-7-9-28-10-8-24/h2-4,11H,5-10,12H2,1H3,(H,21,27). The monoisotopic (exact) mass is 447 g/mol. The van der Waals surface area contributed by atoms with Crippen LogP contribution in [0.15, 0.2) is 28.7 Å². The van der Waals surface area contributed by atoms with E-state index >= 15 is 0 Å². The van der Waals surface area contributed by atoms with Crippen LogP contribution in [0.1, 0.15) is 21.7 Å². The number of hydrogen-bond donors (Lipinski definition) is 1. The Kier molecular flexibility index (Phi) is 5.36. The lowest BCUT2D eigenvalue weighted by atomic mass is 10.0. The van der Waals surface area contributed by atoms with E-state index < -0.39 is 0 Å². The number of aromatic nitrogens is 2. The molecule has 3 heterocycles. The molecule has 0 saturated carbocycles. The van der Waals surface area contributed by atoms with Gasteiger partial charge in [-0.2, -0.15) is 5.10 Å². The lowest BCUT2D eigenvalue weighted by molar-refractivity contribution is 0.0297. The fourth-order valence-corrected chi connectivity index (χ4v) is 4.02. The third kappa shape index (κ3) is 3.77. The van der Waals surface area contributed by atoms with Crippen molar-refractivity contribution in [2.75, 3.05) is 38.2 Å². The van der Waals surface area contributed by atoms with Crippen molar-refractivity contribution in [2.24, 2.45) is 7.05 Å². The molecule has 0 radical (unpaired) electrons. The fraction of sp³-hybridized carbons (Fsp3) is 0.421. The number of aryl methyl sites for hydroxylation is 1. The first-order chi connectivity index (χ1) is 13.5. The van der Waals surface area contributed by atoms with Gasteiger partial charge in [0.05, 0.1) is 19.8 Å². The second-order valence-electron chi connectivity index (χ2n) is 6.91. The summed E-state index contributed by atoms with van der Waals surface area (Å²) in [5.74, 6) is -0.0885. The maximum Gasteiger partial charge on any atom is 0.322 e. The predicted molar refractivity (Wildman–Crippen MR) is 107 cm³/mol. The number of nitrogens with one attached hydrogen (secondary N) is 1. The van der Waals surface area contributed by atoms with Gasteiger partial charge in [0, 0.05) is 54.5 Å². The molecular formula is C19H22BrN5O3. The van der Waals surface area contributed by atoms with Crippen LogP contribution in [-0.2, 0) is 24.8 Å². The van der Waals surface area contributed by atoms with Crippen LogP contribution in [-0.4, -0.2) is 64.4 Å². The van der Waals surface area contributed by atoms with Gasteiger partial charge in [-0.05, 0) is 18.2 Å². The first kappa shape index (κ1) is 18.9. The second kappa shape index (κ2) is 7.92. The van der Waals surface area contributed by atoms with Crippen LogP contribution in [0.2, 0.25) is 0 Å². The Balaban J connectivity index is 1.52. The predicted octanol–water partition coefficient (Wildman–Crippen LogP) is 2.25. The SMILES string of the molecule is Cn1nc(C(=O)N2CCOCC2)c2c1CCN(C(=O)Nc1cccc(Br)c1)C2. The van der Waals surface area contributed by atoms with Crippen LogP contribution in [0, 0.1) is 0 Å². The van der Waals surface area contributed by atoms with E-state index in [4.69, 9.17) is 4.74 Å². The normalized spacial score (nSPS) is 16.6. The molecule has 1 aromatic carbocycles. The molecule has 28 heavy (non-hydrogen) atoms. The maximum atomic E-state index is 13.0. The zero-order valence-electron chi connectivity index (χ0n) is 15.7. The number of amides is 3. The van der Waals surface area contributed by atoms with Crippen molar-refractivity contribution in [2.45, 2.75) is 13.0 Å². The van der Waals surface area contributed by atoms with Gasteiger partial charge in [0.2, 0.25) is 0 Å². The highest BCUT2D eigenvalue weighted by atomic mass is 79.9. The Bertz CT molecular complexity index is 907. The number of hydrogen-bond acceptors (Lipinski definition) is 4. The molecule has 2 aliphatic heterocycles. The molecule has 1 fully saturated rings. The fourth-order valence-electron chi connectivity index (χ4n) is 3.62. The number of urea groups is 1. The number of carbonyl (C=O) groups is 2. The zero-order valence-corrected chi connectivity index (χ0v) is 17.2. The number of nitrogens with zero attached hydrogens (tertiary/aromatic N) is 4. The van der Waals surface area contributed by atoms with Crippen LogP contribution in [0.4, 0.5) is 10.5 Å². The number of rotatable bonds is 2. The summed E-state index contributed by atoms with van der Waals surface area (Å²) in [7, 11) is 1.85. The number of ether oxygens (including phenoxy) is 1. The van der Waals surface area contributed by atoms with Gasteiger partial charge in [0.15, 0.2) is 5.69 Å². The van der Waals surface area contributed by atoms with Crippen LogP contribution in [0.5, 0.6) is 0 Å². The molecular weight excluding hydrogens is 426 g/mol. The lowest BCUT2D eigenvalue weighted by Crippen LogP contribution is -2.42. The van der Waals surface area contributed by atoms with E-state index in [1.165, 1.54) is 0 Å². The molecule has 1 saturated heterocycles. The number of fused-ring (bicyclic) bond motifs is 1. The molecule has 2 aliphatic rings. The van der Waals surface area contributed by atoms with E-state index in [2.05, 4.69) is 26.3 Å². The molecule has 2 aromatic rings. The molecule has 4 rings (SSSR count). The van der Waals surface area contributed by atoms with E-state index in [9.17, 15) is 9.59 Å². The van der Waals surface area contributed by atoms with Crippen molar-refractivity contribution < 1.29 is 14.3 Å². The third-order valence-electron chi connectivity index (χ3n) is 5.11. The Morgan fingerprint density at radius 2 is 1.96 bits per heavy atom. The quantitative estimate of drug-likeness (QED) is 0.765.